The van der Waals surface area contributed by atoms with E-state index in [0.717, 1.165) is 6.54 Å². The van der Waals surface area contributed by atoms with Gasteiger partial charge in [-0.3, -0.25) is 9.59 Å². The Balaban J connectivity index is 2.09. The molecule has 188 valence electrons. The van der Waals surface area contributed by atoms with Crippen LogP contribution in [0.2, 0.25) is 0 Å². The van der Waals surface area contributed by atoms with Gasteiger partial charge in [0.25, 0.3) is 11.7 Å². The van der Waals surface area contributed by atoms with Crippen molar-refractivity contribution in [2.24, 2.45) is 0 Å². The first-order valence-electron chi connectivity index (χ1n) is 11.8. The van der Waals surface area contributed by atoms with E-state index in [1.807, 2.05) is 32.8 Å². The van der Waals surface area contributed by atoms with Gasteiger partial charge in [-0.1, -0.05) is 6.07 Å². The molecular formula is C27H34N2O6. The second kappa shape index (κ2) is 11.3. The number of benzene rings is 2. The van der Waals surface area contributed by atoms with E-state index in [-0.39, 0.29) is 28.9 Å². The third-order valence-corrected chi connectivity index (χ3v) is 5.64. The number of hydrogen-bond donors (Lipinski definition) is 2. The van der Waals surface area contributed by atoms with Crippen LogP contribution in [0.4, 0.5) is 0 Å². The van der Waals surface area contributed by atoms with Crippen LogP contribution in [0.5, 0.6) is 17.2 Å². The van der Waals surface area contributed by atoms with E-state index >= 15 is 0 Å². The number of ketones is 1. The first-order valence-corrected chi connectivity index (χ1v) is 11.8. The van der Waals surface area contributed by atoms with E-state index in [2.05, 4.69) is 0 Å². The molecule has 1 aliphatic heterocycles. The first-order chi connectivity index (χ1) is 16.6. The van der Waals surface area contributed by atoms with Crippen LogP contribution in [0.15, 0.2) is 48.0 Å². The highest BCUT2D eigenvalue weighted by atomic mass is 16.5. The lowest BCUT2D eigenvalue weighted by molar-refractivity contribution is -0.139. The molecule has 0 spiro atoms. The Morgan fingerprint density at radius 1 is 1.11 bits per heavy atom. The Kier molecular flexibility index (Phi) is 8.40. The fraction of sp³-hybridized carbons (Fsp3) is 0.407. The monoisotopic (exact) mass is 482 g/mol. The summed E-state index contributed by atoms with van der Waals surface area (Å²) in [6.45, 7) is 7.03. The van der Waals surface area contributed by atoms with Gasteiger partial charge in [0.2, 0.25) is 0 Å². The molecule has 1 heterocycles. The number of likely N-dealkylation sites (tertiary alicyclic amines) is 1. The summed E-state index contributed by atoms with van der Waals surface area (Å²) in [6.07, 6.45) is 0.643. The Labute approximate surface area is 206 Å². The summed E-state index contributed by atoms with van der Waals surface area (Å²) >= 11 is 0. The molecule has 1 saturated heterocycles. The molecule has 1 aliphatic rings. The maximum absolute atomic E-state index is 13.2. The summed E-state index contributed by atoms with van der Waals surface area (Å²) in [5, 5.41) is 21.4. The Morgan fingerprint density at radius 2 is 1.80 bits per heavy atom. The minimum absolute atomic E-state index is 0.00373. The molecule has 2 N–H and O–H groups in total. The maximum atomic E-state index is 13.2. The number of carbonyl (C=O) groups is 2. The quantitative estimate of drug-likeness (QED) is 0.300. The van der Waals surface area contributed by atoms with E-state index in [0.29, 0.717) is 36.4 Å². The van der Waals surface area contributed by atoms with Crippen LogP contribution in [-0.4, -0.2) is 71.6 Å². The molecule has 2 aromatic carbocycles. The molecule has 1 amide bonds. The number of aliphatic hydroxyl groups excluding tert-OH is 1. The molecule has 35 heavy (non-hydrogen) atoms. The predicted octanol–water partition coefficient (Wildman–Crippen LogP) is 3.95. The fourth-order valence-electron chi connectivity index (χ4n) is 4.11. The summed E-state index contributed by atoms with van der Waals surface area (Å²) in [7, 11) is 3.87. The molecule has 0 radical (unpaired) electrons. The number of phenolic OH excluding ortho intramolecular Hbond substituents is 1. The number of hydrogen-bond acceptors (Lipinski definition) is 7. The SMILES string of the molecule is CCOc1cc([C@H]2C(=C(O)c3ccc(OC(C)C)cc3)C(=O)C(=O)N2CCCN(C)C)ccc1O. The lowest BCUT2D eigenvalue weighted by atomic mass is 9.95. The van der Waals surface area contributed by atoms with Crippen molar-refractivity contribution in [3.05, 3.63) is 59.2 Å². The molecule has 0 aliphatic carbocycles. The van der Waals surface area contributed by atoms with Crippen molar-refractivity contribution in [3.63, 3.8) is 0 Å². The number of nitrogens with zero attached hydrogens (tertiary/aromatic N) is 2. The van der Waals surface area contributed by atoms with E-state index in [9.17, 15) is 19.8 Å². The number of amides is 1. The van der Waals surface area contributed by atoms with Gasteiger partial charge in [-0.05, 0) is 89.8 Å². The van der Waals surface area contributed by atoms with E-state index in [1.165, 1.54) is 11.0 Å². The number of carbonyl (C=O) groups excluding carboxylic acids is 2. The topological polar surface area (TPSA) is 99.5 Å². The average Bonchev–Trinajstić information content (AvgIpc) is 3.05. The normalized spacial score (nSPS) is 17.5. The lowest BCUT2D eigenvalue weighted by Gasteiger charge is -2.26. The Bertz CT molecular complexity index is 1090. The van der Waals surface area contributed by atoms with Gasteiger partial charge in [0.05, 0.1) is 24.3 Å². The van der Waals surface area contributed by atoms with Crippen LogP contribution in [0, 0.1) is 0 Å². The lowest BCUT2D eigenvalue weighted by Crippen LogP contribution is -2.32. The maximum Gasteiger partial charge on any atom is 0.295 e. The van der Waals surface area contributed by atoms with Crippen molar-refractivity contribution >= 4 is 17.4 Å². The van der Waals surface area contributed by atoms with Gasteiger partial charge >= 0.3 is 0 Å². The summed E-state index contributed by atoms with van der Waals surface area (Å²) in [4.78, 5) is 29.7. The van der Waals surface area contributed by atoms with Crippen LogP contribution in [0.25, 0.3) is 5.76 Å². The predicted molar refractivity (Wildman–Crippen MR) is 134 cm³/mol. The summed E-state index contributed by atoms with van der Waals surface area (Å²) in [5.74, 6) is -0.824. The summed E-state index contributed by atoms with van der Waals surface area (Å²) in [5.41, 5.74) is 0.975. The van der Waals surface area contributed by atoms with Crippen molar-refractivity contribution in [2.75, 3.05) is 33.8 Å². The van der Waals surface area contributed by atoms with Crippen LogP contribution < -0.4 is 9.47 Å². The smallest absolute Gasteiger partial charge is 0.295 e. The van der Waals surface area contributed by atoms with Crippen LogP contribution in [0.1, 0.15) is 44.4 Å². The zero-order valence-electron chi connectivity index (χ0n) is 20.9. The Hall–Kier alpha value is -3.52. The van der Waals surface area contributed by atoms with Gasteiger partial charge in [0, 0.05) is 12.1 Å². The number of aliphatic hydroxyl groups is 1. The van der Waals surface area contributed by atoms with E-state index < -0.39 is 17.7 Å². The van der Waals surface area contributed by atoms with Gasteiger partial charge < -0.3 is 29.5 Å². The van der Waals surface area contributed by atoms with Gasteiger partial charge in [-0.2, -0.15) is 0 Å². The molecule has 0 bridgehead atoms. The molecule has 0 unspecified atom stereocenters. The fourth-order valence-corrected chi connectivity index (χ4v) is 4.11. The van der Waals surface area contributed by atoms with Crippen LogP contribution >= 0.6 is 0 Å². The second-order valence-corrected chi connectivity index (χ2v) is 9.00. The largest absolute Gasteiger partial charge is 0.507 e. The molecule has 2 aromatic rings. The molecular weight excluding hydrogens is 448 g/mol. The van der Waals surface area contributed by atoms with Gasteiger partial charge in [-0.15, -0.1) is 0 Å². The van der Waals surface area contributed by atoms with Crippen LogP contribution in [-0.2, 0) is 9.59 Å². The Morgan fingerprint density at radius 3 is 2.40 bits per heavy atom. The molecule has 3 rings (SSSR count). The highest BCUT2D eigenvalue weighted by Crippen LogP contribution is 2.42. The highest BCUT2D eigenvalue weighted by molar-refractivity contribution is 6.46. The van der Waals surface area contributed by atoms with E-state index in [4.69, 9.17) is 9.47 Å². The molecule has 1 fully saturated rings. The first kappa shape index (κ1) is 26.1. The minimum atomic E-state index is -0.816. The standard InChI is InChI=1S/C27H34N2O6/c1-6-34-22-16-19(10-13-21(22)30)24-23(26(32)27(33)29(24)15-7-14-28(4)5)25(31)18-8-11-20(12-9-18)35-17(2)3/h8-13,16-17,24,30-31H,6-7,14-15H2,1-5H3/t24-/m0/s1. The number of ether oxygens (including phenoxy) is 2. The molecule has 1 atom stereocenters. The third kappa shape index (κ3) is 5.95. The third-order valence-electron chi connectivity index (χ3n) is 5.64. The average molecular weight is 483 g/mol. The number of rotatable bonds is 10. The van der Waals surface area contributed by atoms with Gasteiger partial charge in [0.15, 0.2) is 11.5 Å². The number of Topliss-reactive ketones (excluding diaryl/α,β-unsaturated/α-hetero) is 1. The van der Waals surface area contributed by atoms with Gasteiger partial charge in [0.1, 0.15) is 11.5 Å². The van der Waals surface area contributed by atoms with Crippen molar-refractivity contribution in [1.82, 2.24) is 9.80 Å². The van der Waals surface area contributed by atoms with Crippen molar-refractivity contribution in [2.45, 2.75) is 39.3 Å². The van der Waals surface area contributed by atoms with Gasteiger partial charge in [-0.25, -0.2) is 0 Å². The summed E-state index contributed by atoms with van der Waals surface area (Å²) in [6, 6.07) is 10.6. The highest BCUT2D eigenvalue weighted by Gasteiger charge is 2.46. The molecule has 0 saturated carbocycles. The summed E-state index contributed by atoms with van der Waals surface area (Å²) < 4.78 is 11.2. The molecule has 8 nitrogen and oxygen atoms in total. The number of aromatic hydroxyl groups is 1. The van der Waals surface area contributed by atoms with Crippen molar-refractivity contribution in [1.29, 1.82) is 0 Å². The van der Waals surface area contributed by atoms with Crippen molar-refractivity contribution in [3.8, 4) is 17.2 Å². The molecule has 8 heteroatoms. The van der Waals surface area contributed by atoms with E-state index in [1.54, 1.807) is 43.3 Å². The van der Waals surface area contributed by atoms with Crippen molar-refractivity contribution < 1.29 is 29.3 Å². The number of phenols is 1. The molecule has 0 aromatic heterocycles. The zero-order chi connectivity index (χ0) is 25.7. The zero-order valence-corrected chi connectivity index (χ0v) is 20.9. The minimum Gasteiger partial charge on any atom is -0.507 e. The van der Waals surface area contributed by atoms with Crippen LogP contribution in [0.3, 0.4) is 0 Å². The second-order valence-electron chi connectivity index (χ2n) is 9.00.